The number of nitro groups is 1. The van der Waals surface area contributed by atoms with E-state index in [1.165, 1.54) is 23.1 Å². The van der Waals surface area contributed by atoms with Gasteiger partial charge in [0.15, 0.2) is 11.5 Å². The van der Waals surface area contributed by atoms with Crippen molar-refractivity contribution in [2.75, 3.05) is 21.3 Å². The summed E-state index contributed by atoms with van der Waals surface area (Å²) >= 11 is 0. The molecule has 0 saturated carbocycles. The van der Waals surface area contributed by atoms with Crippen molar-refractivity contribution in [1.82, 2.24) is 4.90 Å². The van der Waals surface area contributed by atoms with E-state index >= 15 is 0 Å². The first-order chi connectivity index (χ1) is 11.9. The molecule has 7 nitrogen and oxygen atoms in total. The van der Waals surface area contributed by atoms with Gasteiger partial charge in [0, 0.05) is 36.3 Å². The summed E-state index contributed by atoms with van der Waals surface area (Å²) in [6.45, 7) is 1.93. The van der Waals surface area contributed by atoms with Crippen LogP contribution in [0.4, 0.5) is 5.69 Å². The number of carbonyl (C=O) groups is 1. The van der Waals surface area contributed by atoms with E-state index in [4.69, 9.17) is 9.47 Å². The van der Waals surface area contributed by atoms with Crippen molar-refractivity contribution in [3.05, 3.63) is 63.2 Å². The molecule has 0 aliphatic heterocycles. The molecule has 25 heavy (non-hydrogen) atoms. The average Bonchev–Trinajstić information content (AvgIpc) is 2.60. The number of rotatable bonds is 6. The van der Waals surface area contributed by atoms with Gasteiger partial charge in [0.05, 0.1) is 19.1 Å². The van der Waals surface area contributed by atoms with Gasteiger partial charge >= 0.3 is 0 Å². The van der Waals surface area contributed by atoms with E-state index in [1.807, 2.05) is 12.1 Å². The van der Waals surface area contributed by atoms with Crippen LogP contribution in [-0.4, -0.2) is 37.0 Å². The Balaban J connectivity index is 2.24. The van der Waals surface area contributed by atoms with Crippen LogP contribution in [0.15, 0.2) is 36.4 Å². The fraction of sp³-hybridized carbons (Fsp3) is 0.278. The highest BCUT2D eigenvalue weighted by Crippen LogP contribution is 2.31. The Morgan fingerprint density at radius 1 is 1.20 bits per heavy atom. The van der Waals surface area contributed by atoms with Gasteiger partial charge in [0.1, 0.15) is 0 Å². The van der Waals surface area contributed by atoms with E-state index < -0.39 is 4.92 Å². The van der Waals surface area contributed by atoms with Crippen LogP contribution in [0.25, 0.3) is 0 Å². The van der Waals surface area contributed by atoms with Crippen molar-refractivity contribution in [3.63, 3.8) is 0 Å². The lowest BCUT2D eigenvalue weighted by Gasteiger charge is -2.20. The Labute approximate surface area is 145 Å². The first-order valence-electron chi connectivity index (χ1n) is 7.59. The Bertz CT molecular complexity index is 804. The summed E-state index contributed by atoms with van der Waals surface area (Å²) in [7, 11) is 4.76. The summed E-state index contributed by atoms with van der Waals surface area (Å²) < 4.78 is 10.6. The van der Waals surface area contributed by atoms with Crippen LogP contribution in [0.3, 0.4) is 0 Å². The van der Waals surface area contributed by atoms with Crippen LogP contribution in [0, 0.1) is 17.0 Å². The highest BCUT2D eigenvalue weighted by Gasteiger charge is 2.18. The number of aryl methyl sites for hydroxylation is 1. The first kappa shape index (κ1) is 18.3. The van der Waals surface area contributed by atoms with E-state index in [2.05, 4.69) is 0 Å². The molecule has 0 spiro atoms. The Morgan fingerprint density at radius 3 is 2.48 bits per heavy atom. The van der Waals surface area contributed by atoms with Crippen molar-refractivity contribution in [1.29, 1.82) is 0 Å². The Kier molecular flexibility index (Phi) is 5.59. The molecule has 132 valence electrons. The maximum absolute atomic E-state index is 12.6. The van der Waals surface area contributed by atoms with E-state index in [0.29, 0.717) is 29.2 Å². The molecule has 0 heterocycles. The molecule has 2 aromatic rings. The Morgan fingerprint density at radius 2 is 1.92 bits per heavy atom. The molecule has 7 heteroatoms. The van der Waals surface area contributed by atoms with Crippen molar-refractivity contribution in [3.8, 4) is 11.5 Å². The predicted molar refractivity (Wildman–Crippen MR) is 93.2 cm³/mol. The summed E-state index contributed by atoms with van der Waals surface area (Å²) in [5.74, 6) is 0.930. The standard InChI is InChI=1S/C18H20N2O5/c1-12-10-13(8-9-15(12)20(22)23)18(21)19(2)11-14-6-5-7-16(24-3)17(14)25-4/h5-10H,11H2,1-4H3. The van der Waals surface area contributed by atoms with Crippen molar-refractivity contribution in [2.24, 2.45) is 0 Å². The number of carbonyl (C=O) groups excluding carboxylic acids is 1. The van der Waals surface area contributed by atoms with Gasteiger partial charge in [-0.15, -0.1) is 0 Å². The molecule has 2 rings (SSSR count). The smallest absolute Gasteiger partial charge is 0.272 e. The third-order valence-corrected chi connectivity index (χ3v) is 3.88. The largest absolute Gasteiger partial charge is 0.493 e. The first-order valence-corrected chi connectivity index (χ1v) is 7.59. The number of methoxy groups -OCH3 is 2. The number of benzene rings is 2. The molecule has 0 aliphatic rings. The van der Waals surface area contributed by atoms with Gasteiger partial charge in [-0.2, -0.15) is 0 Å². The molecule has 1 amide bonds. The summed E-state index contributed by atoms with van der Waals surface area (Å²) in [5, 5.41) is 10.9. The van der Waals surface area contributed by atoms with Gasteiger partial charge in [0.25, 0.3) is 11.6 Å². The third kappa shape index (κ3) is 3.88. The zero-order chi connectivity index (χ0) is 18.6. The average molecular weight is 344 g/mol. The fourth-order valence-corrected chi connectivity index (χ4v) is 2.62. The lowest BCUT2D eigenvalue weighted by Crippen LogP contribution is -2.26. The topological polar surface area (TPSA) is 81.9 Å². The van der Waals surface area contributed by atoms with Crippen LogP contribution in [0.1, 0.15) is 21.5 Å². The predicted octanol–water partition coefficient (Wildman–Crippen LogP) is 3.19. The van der Waals surface area contributed by atoms with Crippen molar-refractivity contribution < 1.29 is 19.2 Å². The second-order valence-corrected chi connectivity index (χ2v) is 5.57. The maximum atomic E-state index is 12.6. The second kappa shape index (κ2) is 7.65. The molecule has 0 bridgehead atoms. The van der Waals surface area contributed by atoms with Crippen molar-refractivity contribution in [2.45, 2.75) is 13.5 Å². The minimum atomic E-state index is -0.464. The molecule has 0 aliphatic carbocycles. The molecule has 0 aromatic heterocycles. The number of amides is 1. The van der Waals surface area contributed by atoms with Crippen LogP contribution in [-0.2, 0) is 6.54 Å². The number of hydrogen-bond acceptors (Lipinski definition) is 5. The summed E-state index contributed by atoms with van der Waals surface area (Å²) in [6, 6.07) is 9.80. The normalized spacial score (nSPS) is 10.2. The van der Waals surface area contributed by atoms with E-state index in [-0.39, 0.29) is 11.6 Å². The summed E-state index contributed by atoms with van der Waals surface area (Å²) in [5.41, 5.74) is 1.64. The van der Waals surface area contributed by atoms with Crippen LogP contribution in [0.5, 0.6) is 11.5 Å². The van der Waals surface area contributed by atoms with Gasteiger partial charge in [-0.3, -0.25) is 14.9 Å². The van der Waals surface area contributed by atoms with Crippen LogP contribution >= 0.6 is 0 Å². The minimum absolute atomic E-state index is 0.00586. The van der Waals surface area contributed by atoms with E-state index in [1.54, 1.807) is 34.3 Å². The van der Waals surface area contributed by atoms with Gasteiger partial charge in [-0.1, -0.05) is 12.1 Å². The molecule has 0 saturated heterocycles. The monoisotopic (exact) mass is 344 g/mol. The molecule has 0 unspecified atom stereocenters. The third-order valence-electron chi connectivity index (χ3n) is 3.88. The van der Waals surface area contributed by atoms with E-state index in [9.17, 15) is 14.9 Å². The summed E-state index contributed by atoms with van der Waals surface area (Å²) in [6.07, 6.45) is 0. The number of hydrogen-bond donors (Lipinski definition) is 0. The lowest BCUT2D eigenvalue weighted by molar-refractivity contribution is -0.385. The zero-order valence-corrected chi connectivity index (χ0v) is 14.6. The van der Waals surface area contributed by atoms with Gasteiger partial charge in [-0.25, -0.2) is 0 Å². The quantitative estimate of drug-likeness (QED) is 0.594. The van der Waals surface area contributed by atoms with Crippen LogP contribution in [0.2, 0.25) is 0 Å². The van der Waals surface area contributed by atoms with E-state index in [0.717, 1.165) is 5.56 Å². The molecule has 0 N–H and O–H groups in total. The number of nitro benzene ring substituents is 1. The number of ether oxygens (including phenoxy) is 2. The molecule has 2 aromatic carbocycles. The second-order valence-electron chi connectivity index (χ2n) is 5.57. The molecular weight excluding hydrogens is 324 g/mol. The lowest BCUT2D eigenvalue weighted by atomic mass is 10.1. The zero-order valence-electron chi connectivity index (χ0n) is 14.6. The minimum Gasteiger partial charge on any atom is -0.493 e. The number of nitrogens with zero attached hydrogens (tertiary/aromatic N) is 2. The number of para-hydroxylation sites is 1. The highest BCUT2D eigenvalue weighted by atomic mass is 16.6. The fourth-order valence-electron chi connectivity index (χ4n) is 2.62. The van der Waals surface area contributed by atoms with Crippen molar-refractivity contribution >= 4 is 11.6 Å². The highest BCUT2D eigenvalue weighted by molar-refractivity contribution is 5.94. The molecular formula is C18H20N2O5. The van der Waals surface area contributed by atoms with Gasteiger partial charge in [0.2, 0.25) is 0 Å². The molecule has 0 radical (unpaired) electrons. The Hall–Kier alpha value is -3.09. The SMILES string of the molecule is COc1cccc(CN(C)C(=O)c2ccc([N+](=O)[O-])c(C)c2)c1OC. The molecule has 0 fully saturated rings. The maximum Gasteiger partial charge on any atom is 0.272 e. The van der Waals surface area contributed by atoms with Gasteiger partial charge < -0.3 is 14.4 Å². The van der Waals surface area contributed by atoms with Gasteiger partial charge in [-0.05, 0) is 25.1 Å². The molecule has 0 atom stereocenters. The van der Waals surface area contributed by atoms with Crippen LogP contribution < -0.4 is 9.47 Å². The summed E-state index contributed by atoms with van der Waals surface area (Å²) in [4.78, 5) is 24.6.